The van der Waals surface area contributed by atoms with Crippen LogP contribution in [0.5, 0.6) is 0 Å². The molecule has 2 aromatic heterocycles. The molecule has 2 aromatic rings. The summed E-state index contributed by atoms with van der Waals surface area (Å²) in [5.74, 6) is 0.0849. The van der Waals surface area contributed by atoms with Crippen LogP contribution in [0.1, 0.15) is 46.9 Å². The number of hydrogen-bond donors (Lipinski definition) is 3. The molecule has 0 aromatic carbocycles. The molecule has 0 radical (unpaired) electrons. The van der Waals surface area contributed by atoms with Crippen LogP contribution in [0.15, 0.2) is 0 Å². The van der Waals surface area contributed by atoms with Gasteiger partial charge in [-0.05, 0) is 19.3 Å². The number of nitrogens with zero attached hydrogens (tertiary/aromatic N) is 3. The van der Waals surface area contributed by atoms with Gasteiger partial charge in [-0.2, -0.15) is 5.10 Å². The Hall–Kier alpha value is -1.96. The third-order valence-electron chi connectivity index (χ3n) is 3.02. The molecule has 0 saturated heterocycles. The Kier molecular flexibility index (Phi) is 2.94. The number of anilines is 2. The predicted octanol–water partition coefficient (Wildman–Crippen LogP) is 1.54. The molecule has 100 valence electrons. The molecule has 19 heavy (non-hydrogen) atoms. The molecule has 1 amide bonds. The molecule has 8 heteroatoms. The summed E-state index contributed by atoms with van der Waals surface area (Å²) in [5, 5.41) is 18.7. The van der Waals surface area contributed by atoms with Crippen molar-refractivity contribution in [2.45, 2.75) is 32.1 Å². The first-order valence-electron chi connectivity index (χ1n) is 6.16. The van der Waals surface area contributed by atoms with Gasteiger partial charge in [-0.1, -0.05) is 18.3 Å². The van der Waals surface area contributed by atoms with Crippen LogP contribution in [0.2, 0.25) is 0 Å². The summed E-state index contributed by atoms with van der Waals surface area (Å²) in [6.45, 7) is 1.99. The lowest BCUT2D eigenvalue weighted by molar-refractivity contribution is 0.102. The van der Waals surface area contributed by atoms with Crippen LogP contribution in [0.4, 0.5) is 10.8 Å². The molecular weight excluding hydrogens is 264 g/mol. The number of H-pyrrole nitrogens is 1. The van der Waals surface area contributed by atoms with E-state index in [0.29, 0.717) is 16.7 Å². The smallest absolute Gasteiger partial charge is 0.280 e. The predicted molar refractivity (Wildman–Crippen MR) is 72.2 cm³/mol. The number of aromatic nitrogens is 4. The van der Waals surface area contributed by atoms with Gasteiger partial charge in [-0.3, -0.25) is 15.2 Å². The first kappa shape index (κ1) is 12.1. The zero-order valence-electron chi connectivity index (χ0n) is 10.4. The average molecular weight is 278 g/mol. The number of aryl methyl sites for hydroxylation is 1. The van der Waals surface area contributed by atoms with Crippen molar-refractivity contribution in [2.24, 2.45) is 0 Å². The van der Waals surface area contributed by atoms with Gasteiger partial charge in [0, 0.05) is 5.92 Å². The normalized spacial score (nSPS) is 14.6. The summed E-state index contributed by atoms with van der Waals surface area (Å²) in [7, 11) is 0. The van der Waals surface area contributed by atoms with E-state index in [-0.39, 0.29) is 11.6 Å². The summed E-state index contributed by atoms with van der Waals surface area (Å²) >= 11 is 1.35. The second-order valence-corrected chi connectivity index (χ2v) is 5.54. The van der Waals surface area contributed by atoms with Gasteiger partial charge in [0.05, 0.1) is 11.4 Å². The molecule has 1 saturated carbocycles. The topological polar surface area (TPSA) is 110 Å². The molecule has 0 aliphatic heterocycles. The van der Waals surface area contributed by atoms with Crippen molar-refractivity contribution in [1.29, 1.82) is 0 Å². The monoisotopic (exact) mass is 278 g/mol. The van der Waals surface area contributed by atoms with E-state index in [1.807, 2.05) is 6.92 Å². The fourth-order valence-corrected chi connectivity index (χ4v) is 2.50. The summed E-state index contributed by atoms with van der Waals surface area (Å²) in [6.07, 6.45) is 3.00. The van der Waals surface area contributed by atoms with Crippen LogP contribution >= 0.6 is 11.3 Å². The minimum atomic E-state index is -0.348. The van der Waals surface area contributed by atoms with Crippen LogP contribution in [-0.4, -0.2) is 26.3 Å². The molecule has 1 aliphatic rings. The summed E-state index contributed by atoms with van der Waals surface area (Å²) < 4.78 is 0. The lowest BCUT2D eigenvalue weighted by Crippen LogP contribution is -2.14. The van der Waals surface area contributed by atoms with Crippen LogP contribution in [0, 0.1) is 0 Å². The molecule has 0 atom stereocenters. The Labute approximate surface area is 113 Å². The van der Waals surface area contributed by atoms with E-state index in [9.17, 15) is 4.79 Å². The van der Waals surface area contributed by atoms with E-state index in [2.05, 4.69) is 25.7 Å². The Morgan fingerprint density at radius 2 is 2.32 bits per heavy atom. The highest BCUT2D eigenvalue weighted by molar-refractivity contribution is 7.15. The minimum Gasteiger partial charge on any atom is -0.395 e. The minimum absolute atomic E-state index is 0.232. The van der Waals surface area contributed by atoms with Gasteiger partial charge >= 0.3 is 0 Å². The summed E-state index contributed by atoms with van der Waals surface area (Å²) in [6, 6.07) is 0. The molecular formula is C11H14N6OS. The van der Waals surface area contributed by atoms with E-state index in [1.165, 1.54) is 11.3 Å². The van der Waals surface area contributed by atoms with Crippen molar-refractivity contribution in [3.63, 3.8) is 0 Å². The first-order valence-corrected chi connectivity index (χ1v) is 6.98. The van der Waals surface area contributed by atoms with Gasteiger partial charge in [0.25, 0.3) is 5.91 Å². The zero-order valence-corrected chi connectivity index (χ0v) is 11.3. The lowest BCUT2D eigenvalue weighted by Gasteiger charge is -1.99. The van der Waals surface area contributed by atoms with E-state index in [1.54, 1.807) is 0 Å². The van der Waals surface area contributed by atoms with Crippen molar-refractivity contribution in [3.8, 4) is 0 Å². The second-order valence-electron chi connectivity index (χ2n) is 4.48. The average Bonchev–Trinajstić information content (AvgIpc) is 3.01. The highest BCUT2D eigenvalue weighted by atomic mass is 32.1. The second kappa shape index (κ2) is 4.61. The van der Waals surface area contributed by atoms with Crippen LogP contribution < -0.4 is 11.1 Å². The number of nitrogens with one attached hydrogen (secondary N) is 2. The SMILES string of the molecule is CCc1nnc(NC(=O)c2n[nH]c(C3CC3)c2N)s1. The van der Waals surface area contributed by atoms with Gasteiger partial charge in [0.15, 0.2) is 5.69 Å². The van der Waals surface area contributed by atoms with E-state index in [0.717, 1.165) is 30.0 Å². The molecule has 0 bridgehead atoms. The van der Waals surface area contributed by atoms with Gasteiger partial charge in [-0.25, -0.2) is 0 Å². The Morgan fingerprint density at radius 3 is 2.95 bits per heavy atom. The van der Waals surface area contributed by atoms with Gasteiger partial charge in [-0.15, -0.1) is 10.2 Å². The standard InChI is InChI=1S/C11H14N6OS/c1-2-6-14-17-11(19-6)13-10(18)9-7(12)8(15-16-9)5-3-4-5/h5H,2-4,12H2,1H3,(H,15,16)(H,13,17,18). The number of amides is 1. The Balaban J connectivity index is 1.76. The number of rotatable bonds is 4. The van der Waals surface area contributed by atoms with Crippen molar-refractivity contribution < 1.29 is 4.79 Å². The maximum Gasteiger partial charge on any atom is 0.280 e. The van der Waals surface area contributed by atoms with E-state index < -0.39 is 0 Å². The maximum absolute atomic E-state index is 12.1. The number of carbonyl (C=O) groups is 1. The van der Waals surface area contributed by atoms with Crippen molar-refractivity contribution >= 4 is 28.1 Å². The number of hydrogen-bond acceptors (Lipinski definition) is 6. The zero-order chi connectivity index (χ0) is 13.4. The lowest BCUT2D eigenvalue weighted by atomic mass is 10.2. The molecule has 7 nitrogen and oxygen atoms in total. The summed E-state index contributed by atoms with van der Waals surface area (Å²) in [4.78, 5) is 12.1. The largest absolute Gasteiger partial charge is 0.395 e. The molecule has 2 heterocycles. The number of aromatic amines is 1. The van der Waals surface area contributed by atoms with Gasteiger partial charge in [0.1, 0.15) is 5.01 Å². The molecule has 4 N–H and O–H groups in total. The van der Waals surface area contributed by atoms with E-state index in [4.69, 9.17) is 5.73 Å². The fraction of sp³-hybridized carbons (Fsp3) is 0.455. The van der Waals surface area contributed by atoms with Gasteiger partial charge in [0.2, 0.25) is 5.13 Å². The number of carbonyl (C=O) groups excluding carboxylic acids is 1. The fourth-order valence-electron chi connectivity index (χ4n) is 1.82. The highest BCUT2D eigenvalue weighted by Gasteiger charge is 2.30. The quantitative estimate of drug-likeness (QED) is 0.785. The van der Waals surface area contributed by atoms with Gasteiger partial charge < -0.3 is 5.73 Å². The molecule has 1 aliphatic carbocycles. The number of nitrogen functional groups attached to an aromatic ring is 1. The third-order valence-corrected chi connectivity index (χ3v) is 4.01. The molecule has 0 spiro atoms. The third kappa shape index (κ3) is 2.30. The van der Waals surface area contributed by atoms with Crippen LogP contribution in [0.3, 0.4) is 0 Å². The Bertz CT molecular complexity index is 614. The summed E-state index contributed by atoms with van der Waals surface area (Å²) in [5.41, 5.74) is 7.49. The maximum atomic E-state index is 12.1. The van der Waals surface area contributed by atoms with Crippen LogP contribution in [-0.2, 0) is 6.42 Å². The van der Waals surface area contributed by atoms with Crippen molar-refractivity contribution in [2.75, 3.05) is 11.1 Å². The van der Waals surface area contributed by atoms with Crippen molar-refractivity contribution in [1.82, 2.24) is 20.4 Å². The molecule has 3 rings (SSSR count). The Morgan fingerprint density at radius 1 is 1.53 bits per heavy atom. The first-order chi connectivity index (χ1) is 9.19. The molecule has 1 fully saturated rings. The van der Waals surface area contributed by atoms with E-state index >= 15 is 0 Å². The number of nitrogens with two attached hydrogens (primary N) is 1. The van der Waals surface area contributed by atoms with Crippen LogP contribution in [0.25, 0.3) is 0 Å². The molecule has 0 unspecified atom stereocenters. The highest BCUT2D eigenvalue weighted by Crippen LogP contribution is 2.42. The van der Waals surface area contributed by atoms with Crippen molar-refractivity contribution in [3.05, 3.63) is 16.4 Å².